The van der Waals surface area contributed by atoms with E-state index in [0.717, 1.165) is 5.56 Å². The van der Waals surface area contributed by atoms with Gasteiger partial charge in [-0.1, -0.05) is 23.7 Å². The first-order chi connectivity index (χ1) is 11.0. The predicted octanol–water partition coefficient (Wildman–Crippen LogP) is 2.12. The number of rotatable bonds is 4. The molecule has 0 fully saturated rings. The van der Waals surface area contributed by atoms with Crippen molar-refractivity contribution in [3.05, 3.63) is 35.6 Å². The maximum atomic E-state index is 12.9. The van der Waals surface area contributed by atoms with Crippen LogP contribution >= 0.6 is 19.2 Å². The van der Waals surface area contributed by atoms with Crippen LogP contribution in [0.2, 0.25) is 5.02 Å². The van der Waals surface area contributed by atoms with Gasteiger partial charge >= 0.3 is 7.59 Å². The predicted molar refractivity (Wildman–Crippen MR) is 91.3 cm³/mol. The van der Waals surface area contributed by atoms with Crippen LogP contribution < -0.4 is 15.9 Å². The molecule has 0 bridgehead atoms. The van der Waals surface area contributed by atoms with Crippen molar-refractivity contribution in [2.45, 2.75) is 0 Å². The second-order valence-corrected chi connectivity index (χ2v) is 7.59. The topological polar surface area (TPSA) is 111 Å². The minimum absolute atomic E-state index is 0.268. The largest absolute Gasteiger partial charge is 0.383 e. The van der Waals surface area contributed by atoms with Crippen LogP contribution in [-0.4, -0.2) is 33.6 Å². The van der Waals surface area contributed by atoms with Crippen LogP contribution in [0.4, 0.5) is 5.82 Å². The molecule has 3 rings (SSSR count). The van der Waals surface area contributed by atoms with Crippen molar-refractivity contribution < 1.29 is 4.57 Å². The first-order valence-corrected chi connectivity index (χ1v) is 8.78. The molecule has 0 saturated carbocycles. The van der Waals surface area contributed by atoms with Gasteiger partial charge in [0.1, 0.15) is 17.8 Å². The summed E-state index contributed by atoms with van der Waals surface area (Å²) in [7, 11) is -0.0130. The summed E-state index contributed by atoms with van der Waals surface area (Å²) in [4.78, 5) is 8.21. The standard InChI is InChI=1S/C13H15ClN7OP/c1-16-23(22,17-2)21-13-10(12(15)18-7-19-13)11(20-21)8-3-5-9(14)6-4-8/h3-7H,1-2H3,(H2,15,18,19)(H2,16,17,22). The summed E-state index contributed by atoms with van der Waals surface area (Å²) in [5.41, 5.74) is 7.70. The molecule has 0 unspecified atom stereocenters. The van der Waals surface area contributed by atoms with Gasteiger partial charge in [0.15, 0.2) is 5.65 Å². The first kappa shape index (κ1) is 15.9. The fourth-order valence-corrected chi connectivity index (χ4v) is 3.63. The fraction of sp³-hybridized carbons (Fsp3) is 0.154. The number of hydrogen-bond donors (Lipinski definition) is 3. The molecule has 4 N–H and O–H groups in total. The minimum Gasteiger partial charge on any atom is -0.383 e. The number of nitrogens with two attached hydrogens (primary N) is 1. The summed E-state index contributed by atoms with van der Waals surface area (Å²) < 4.78 is 14.3. The van der Waals surface area contributed by atoms with E-state index in [1.807, 2.05) is 12.1 Å². The maximum absolute atomic E-state index is 12.9. The zero-order valence-electron chi connectivity index (χ0n) is 12.5. The Morgan fingerprint density at radius 1 is 1.17 bits per heavy atom. The molecule has 2 heterocycles. The van der Waals surface area contributed by atoms with E-state index in [9.17, 15) is 4.57 Å². The Balaban J connectivity index is 2.35. The van der Waals surface area contributed by atoms with Crippen molar-refractivity contribution >= 4 is 36.0 Å². The molecule has 2 aromatic heterocycles. The molecular weight excluding hydrogens is 337 g/mol. The molecule has 8 nitrogen and oxygen atoms in total. The Morgan fingerprint density at radius 3 is 2.43 bits per heavy atom. The van der Waals surface area contributed by atoms with Gasteiger partial charge in [0.25, 0.3) is 0 Å². The van der Waals surface area contributed by atoms with Gasteiger partial charge in [-0.05, 0) is 26.2 Å². The van der Waals surface area contributed by atoms with E-state index < -0.39 is 7.59 Å². The lowest BCUT2D eigenvalue weighted by atomic mass is 10.1. The van der Waals surface area contributed by atoms with Gasteiger partial charge in [0.05, 0.1) is 5.39 Å². The second-order valence-electron chi connectivity index (χ2n) is 4.73. The summed E-state index contributed by atoms with van der Waals surface area (Å²) >= 11 is 5.93. The number of fused-ring (bicyclic) bond motifs is 1. The number of halogens is 1. The first-order valence-electron chi connectivity index (χ1n) is 6.74. The summed E-state index contributed by atoms with van der Waals surface area (Å²) in [6.07, 6.45) is 1.32. The third kappa shape index (κ3) is 2.60. The molecule has 0 aliphatic heterocycles. The monoisotopic (exact) mass is 351 g/mol. The Kier molecular flexibility index (Phi) is 4.08. The molecule has 0 aliphatic carbocycles. The SMILES string of the molecule is CNP(=O)(NC)n1nc(-c2ccc(Cl)cc2)c2c(N)ncnc21. The quantitative estimate of drug-likeness (QED) is 0.617. The molecule has 23 heavy (non-hydrogen) atoms. The van der Waals surface area contributed by atoms with Gasteiger partial charge in [0, 0.05) is 10.6 Å². The van der Waals surface area contributed by atoms with E-state index in [1.165, 1.54) is 10.8 Å². The zero-order valence-corrected chi connectivity index (χ0v) is 14.1. The van der Waals surface area contributed by atoms with Crippen LogP contribution in [0.5, 0.6) is 0 Å². The van der Waals surface area contributed by atoms with Gasteiger partial charge in [-0.2, -0.15) is 9.55 Å². The lowest BCUT2D eigenvalue weighted by Crippen LogP contribution is -2.22. The number of nitrogens with one attached hydrogen (secondary N) is 2. The Hall–Kier alpha value is -1.99. The van der Waals surface area contributed by atoms with Crippen LogP contribution in [0.3, 0.4) is 0 Å². The van der Waals surface area contributed by atoms with E-state index in [2.05, 4.69) is 25.2 Å². The lowest BCUT2D eigenvalue weighted by molar-refractivity contribution is 0.550. The smallest absolute Gasteiger partial charge is 0.326 e. The van der Waals surface area contributed by atoms with Crippen molar-refractivity contribution in [2.75, 3.05) is 19.8 Å². The highest BCUT2D eigenvalue weighted by Gasteiger charge is 2.27. The third-order valence-electron chi connectivity index (χ3n) is 3.47. The van der Waals surface area contributed by atoms with Gasteiger partial charge in [-0.25, -0.2) is 20.1 Å². The minimum atomic E-state index is -3.17. The second kappa shape index (κ2) is 5.90. The third-order valence-corrected chi connectivity index (χ3v) is 5.74. The molecule has 0 spiro atoms. The van der Waals surface area contributed by atoms with E-state index in [0.29, 0.717) is 21.7 Å². The number of hydrogen-bond acceptors (Lipinski definition) is 5. The fourth-order valence-electron chi connectivity index (χ4n) is 2.27. The molecule has 0 atom stereocenters. The number of nitrogens with zero attached hydrogens (tertiary/aromatic N) is 4. The number of aromatic nitrogens is 4. The molecule has 120 valence electrons. The van der Waals surface area contributed by atoms with Gasteiger partial charge in [-0.3, -0.25) is 4.57 Å². The molecule has 1 aromatic carbocycles. The number of anilines is 1. The molecular formula is C13H15ClN7OP. The molecule has 3 aromatic rings. The summed E-state index contributed by atoms with van der Waals surface area (Å²) in [5, 5.41) is 11.1. The molecule has 0 radical (unpaired) electrons. The Morgan fingerprint density at radius 2 is 1.83 bits per heavy atom. The summed E-state index contributed by atoms with van der Waals surface area (Å²) in [5.74, 6) is 0.268. The van der Waals surface area contributed by atoms with E-state index >= 15 is 0 Å². The van der Waals surface area contributed by atoms with Crippen molar-refractivity contribution in [1.82, 2.24) is 29.7 Å². The van der Waals surface area contributed by atoms with E-state index in [-0.39, 0.29) is 5.82 Å². The van der Waals surface area contributed by atoms with Gasteiger partial charge in [-0.15, -0.1) is 0 Å². The lowest BCUT2D eigenvalue weighted by Gasteiger charge is -2.16. The molecule has 0 amide bonds. The number of benzene rings is 1. The molecule has 10 heteroatoms. The Labute approximate surface area is 137 Å². The maximum Gasteiger partial charge on any atom is 0.326 e. The summed E-state index contributed by atoms with van der Waals surface area (Å²) in [6, 6.07) is 7.12. The summed E-state index contributed by atoms with van der Waals surface area (Å²) in [6.45, 7) is 0. The highest BCUT2D eigenvalue weighted by molar-refractivity contribution is 7.58. The van der Waals surface area contributed by atoms with Crippen molar-refractivity contribution in [2.24, 2.45) is 0 Å². The van der Waals surface area contributed by atoms with Crippen LogP contribution in [0, 0.1) is 0 Å². The normalized spacial score (nSPS) is 12.0. The van der Waals surface area contributed by atoms with Crippen molar-refractivity contribution in [1.29, 1.82) is 0 Å². The van der Waals surface area contributed by atoms with Gasteiger partial charge < -0.3 is 5.73 Å². The average molecular weight is 352 g/mol. The van der Waals surface area contributed by atoms with E-state index in [4.69, 9.17) is 17.3 Å². The van der Waals surface area contributed by atoms with Gasteiger partial charge in [0.2, 0.25) is 0 Å². The van der Waals surface area contributed by atoms with Crippen LogP contribution in [-0.2, 0) is 4.57 Å². The van der Waals surface area contributed by atoms with Crippen LogP contribution in [0.25, 0.3) is 22.3 Å². The molecule has 0 aliphatic rings. The Bertz CT molecular complexity index is 901. The van der Waals surface area contributed by atoms with Crippen molar-refractivity contribution in [3.8, 4) is 11.3 Å². The highest BCUT2D eigenvalue weighted by atomic mass is 35.5. The van der Waals surface area contributed by atoms with Crippen molar-refractivity contribution in [3.63, 3.8) is 0 Å². The van der Waals surface area contributed by atoms with Crippen LogP contribution in [0.1, 0.15) is 0 Å². The molecule has 0 saturated heterocycles. The van der Waals surface area contributed by atoms with Crippen LogP contribution in [0.15, 0.2) is 30.6 Å². The average Bonchev–Trinajstić information content (AvgIpc) is 2.96. The highest BCUT2D eigenvalue weighted by Crippen LogP contribution is 2.42. The number of nitrogen functional groups attached to an aromatic ring is 1. The van der Waals surface area contributed by atoms with E-state index in [1.54, 1.807) is 26.2 Å². The zero-order chi connectivity index (χ0) is 16.6.